The predicted octanol–water partition coefficient (Wildman–Crippen LogP) is 5.38. The Morgan fingerprint density at radius 3 is 3.11 bits per heavy atom. The molecule has 18 heavy (non-hydrogen) atoms. The quantitative estimate of drug-likeness (QED) is 0.713. The largest absolute Gasteiger partial charge is 0.358 e. The fourth-order valence-electron chi connectivity index (χ4n) is 3.27. The molecule has 0 saturated heterocycles. The van der Waals surface area contributed by atoms with Gasteiger partial charge in [0.15, 0.2) is 0 Å². The van der Waals surface area contributed by atoms with Crippen molar-refractivity contribution in [2.45, 2.75) is 51.4 Å². The van der Waals surface area contributed by atoms with Gasteiger partial charge in [-0.15, -0.1) is 0 Å². The van der Waals surface area contributed by atoms with Gasteiger partial charge in [0.1, 0.15) is 0 Å². The van der Waals surface area contributed by atoms with Gasteiger partial charge in [0, 0.05) is 20.2 Å². The highest BCUT2D eigenvalue weighted by Crippen LogP contribution is 2.38. The van der Waals surface area contributed by atoms with E-state index in [0.29, 0.717) is 0 Å². The summed E-state index contributed by atoms with van der Waals surface area (Å²) in [7, 11) is 0. The lowest BCUT2D eigenvalue weighted by atomic mass is 9.84. The summed E-state index contributed by atoms with van der Waals surface area (Å²) in [6.07, 6.45) is 8.02. The number of aromatic amines is 1. The van der Waals surface area contributed by atoms with Gasteiger partial charge in [0.25, 0.3) is 0 Å². The number of unbranched alkanes of at least 4 members (excludes halogenated alkanes) is 1. The standard InChI is InChI=1S/C16H20IN/c1-2-3-5-11-6-4-7-13-14-10-12(17)8-9-15(14)18-16(11)13/h8-11,18H,2-7H2,1H3. The third-order valence-electron chi connectivity index (χ3n) is 4.19. The Morgan fingerprint density at radius 1 is 1.39 bits per heavy atom. The lowest BCUT2D eigenvalue weighted by Crippen LogP contribution is -2.09. The zero-order valence-electron chi connectivity index (χ0n) is 10.9. The monoisotopic (exact) mass is 353 g/mol. The summed E-state index contributed by atoms with van der Waals surface area (Å²) < 4.78 is 1.34. The molecule has 2 heteroatoms. The van der Waals surface area contributed by atoms with Crippen LogP contribution in [0.2, 0.25) is 0 Å². The highest BCUT2D eigenvalue weighted by atomic mass is 127. The van der Waals surface area contributed by atoms with Crippen LogP contribution in [0, 0.1) is 3.57 Å². The first-order chi connectivity index (χ1) is 8.79. The summed E-state index contributed by atoms with van der Waals surface area (Å²) in [5, 5.41) is 1.47. The predicted molar refractivity (Wildman–Crippen MR) is 86.2 cm³/mol. The van der Waals surface area contributed by atoms with Crippen molar-refractivity contribution in [1.29, 1.82) is 0 Å². The maximum Gasteiger partial charge on any atom is 0.0459 e. The highest BCUT2D eigenvalue weighted by molar-refractivity contribution is 14.1. The van der Waals surface area contributed by atoms with Gasteiger partial charge in [-0.05, 0) is 78.0 Å². The van der Waals surface area contributed by atoms with Crippen molar-refractivity contribution >= 4 is 33.5 Å². The SMILES string of the molecule is CCCCC1CCCc2c1[nH]c1ccc(I)cc21. The van der Waals surface area contributed by atoms with Crippen LogP contribution in [0.3, 0.4) is 0 Å². The third-order valence-corrected chi connectivity index (χ3v) is 4.87. The molecule has 1 unspecified atom stereocenters. The number of fused-ring (bicyclic) bond motifs is 3. The van der Waals surface area contributed by atoms with E-state index in [1.807, 2.05) is 0 Å². The minimum Gasteiger partial charge on any atom is -0.358 e. The zero-order chi connectivity index (χ0) is 12.5. The van der Waals surface area contributed by atoms with Crippen LogP contribution in [0.1, 0.15) is 56.2 Å². The van der Waals surface area contributed by atoms with Gasteiger partial charge in [-0.2, -0.15) is 0 Å². The van der Waals surface area contributed by atoms with Gasteiger partial charge in [0.2, 0.25) is 0 Å². The van der Waals surface area contributed by atoms with Crippen LogP contribution in [-0.4, -0.2) is 4.98 Å². The second-order valence-corrected chi connectivity index (χ2v) is 6.68. The fraction of sp³-hybridized carbons (Fsp3) is 0.500. The van der Waals surface area contributed by atoms with E-state index in [0.717, 1.165) is 5.92 Å². The first kappa shape index (κ1) is 12.5. The van der Waals surface area contributed by atoms with Crippen LogP contribution in [-0.2, 0) is 6.42 Å². The fourth-order valence-corrected chi connectivity index (χ4v) is 3.76. The molecule has 1 atom stereocenters. The van der Waals surface area contributed by atoms with E-state index in [9.17, 15) is 0 Å². The van der Waals surface area contributed by atoms with Crippen LogP contribution >= 0.6 is 22.6 Å². The Balaban J connectivity index is 2.04. The Hall–Kier alpha value is -0.510. The molecule has 1 aromatic heterocycles. The molecular formula is C16H20IN. The van der Waals surface area contributed by atoms with E-state index in [1.54, 1.807) is 11.3 Å². The van der Waals surface area contributed by atoms with Gasteiger partial charge in [-0.25, -0.2) is 0 Å². The summed E-state index contributed by atoms with van der Waals surface area (Å²) in [6, 6.07) is 6.78. The number of rotatable bonds is 3. The zero-order valence-corrected chi connectivity index (χ0v) is 13.1. The molecule has 1 aliphatic carbocycles. The molecular weight excluding hydrogens is 333 g/mol. The van der Waals surface area contributed by atoms with Crippen molar-refractivity contribution in [2.75, 3.05) is 0 Å². The van der Waals surface area contributed by atoms with Gasteiger partial charge >= 0.3 is 0 Å². The molecule has 0 saturated carbocycles. The van der Waals surface area contributed by atoms with Crippen LogP contribution in [0.5, 0.6) is 0 Å². The molecule has 3 rings (SSSR count). The molecule has 0 radical (unpaired) electrons. The van der Waals surface area contributed by atoms with E-state index in [1.165, 1.54) is 53.0 Å². The van der Waals surface area contributed by atoms with E-state index >= 15 is 0 Å². The summed E-state index contributed by atoms with van der Waals surface area (Å²) in [5.41, 5.74) is 4.49. The number of nitrogens with one attached hydrogen (secondary N) is 1. The molecule has 0 fully saturated rings. The van der Waals surface area contributed by atoms with E-state index in [2.05, 4.69) is 52.7 Å². The lowest BCUT2D eigenvalue weighted by molar-refractivity contribution is 0.495. The molecule has 0 spiro atoms. The molecule has 1 aliphatic rings. The minimum absolute atomic E-state index is 0.777. The average molecular weight is 353 g/mol. The van der Waals surface area contributed by atoms with Crippen molar-refractivity contribution in [2.24, 2.45) is 0 Å². The van der Waals surface area contributed by atoms with Gasteiger partial charge in [-0.3, -0.25) is 0 Å². The number of hydrogen-bond donors (Lipinski definition) is 1. The minimum atomic E-state index is 0.777. The number of hydrogen-bond acceptors (Lipinski definition) is 0. The summed E-state index contributed by atoms with van der Waals surface area (Å²) in [4.78, 5) is 3.70. The van der Waals surface area contributed by atoms with Crippen LogP contribution < -0.4 is 0 Å². The molecule has 1 heterocycles. The Labute approximate surface area is 122 Å². The van der Waals surface area contributed by atoms with E-state index < -0.39 is 0 Å². The maximum absolute atomic E-state index is 3.70. The van der Waals surface area contributed by atoms with Crippen molar-refractivity contribution in [1.82, 2.24) is 4.98 Å². The van der Waals surface area contributed by atoms with Gasteiger partial charge in [-0.1, -0.05) is 19.8 Å². The number of benzene rings is 1. The average Bonchev–Trinajstić information content (AvgIpc) is 2.75. The molecule has 0 aliphatic heterocycles. The molecule has 1 N–H and O–H groups in total. The second-order valence-electron chi connectivity index (χ2n) is 5.44. The number of H-pyrrole nitrogens is 1. The lowest BCUT2D eigenvalue weighted by Gasteiger charge is -2.22. The Bertz CT molecular complexity index is 555. The molecule has 96 valence electrons. The van der Waals surface area contributed by atoms with E-state index in [-0.39, 0.29) is 0 Å². The number of aryl methyl sites for hydroxylation is 1. The van der Waals surface area contributed by atoms with Crippen LogP contribution in [0.4, 0.5) is 0 Å². The molecule has 0 bridgehead atoms. The summed E-state index contributed by atoms with van der Waals surface area (Å²) >= 11 is 2.41. The molecule has 1 aromatic carbocycles. The summed E-state index contributed by atoms with van der Waals surface area (Å²) in [6.45, 7) is 2.29. The first-order valence-electron chi connectivity index (χ1n) is 7.09. The van der Waals surface area contributed by atoms with Crippen molar-refractivity contribution in [3.05, 3.63) is 33.0 Å². The molecule has 2 aromatic rings. The van der Waals surface area contributed by atoms with Crippen molar-refractivity contribution < 1.29 is 0 Å². The van der Waals surface area contributed by atoms with Crippen LogP contribution in [0.25, 0.3) is 10.9 Å². The van der Waals surface area contributed by atoms with E-state index in [4.69, 9.17) is 0 Å². The maximum atomic E-state index is 3.70. The van der Waals surface area contributed by atoms with Crippen molar-refractivity contribution in [3.63, 3.8) is 0 Å². The van der Waals surface area contributed by atoms with Crippen LogP contribution in [0.15, 0.2) is 18.2 Å². The van der Waals surface area contributed by atoms with Gasteiger partial charge < -0.3 is 4.98 Å². The Kier molecular flexibility index (Phi) is 3.64. The Morgan fingerprint density at radius 2 is 2.28 bits per heavy atom. The number of aromatic nitrogens is 1. The normalized spacial score (nSPS) is 19.1. The highest BCUT2D eigenvalue weighted by Gasteiger charge is 2.23. The topological polar surface area (TPSA) is 15.8 Å². The van der Waals surface area contributed by atoms with Gasteiger partial charge in [0.05, 0.1) is 0 Å². The second kappa shape index (κ2) is 5.24. The number of halogens is 1. The molecule has 1 nitrogen and oxygen atoms in total. The smallest absolute Gasteiger partial charge is 0.0459 e. The third kappa shape index (κ3) is 2.20. The van der Waals surface area contributed by atoms with Crippen molar-refractivity contribution in [3.8, 4) is 0 Å². The first-order valence-corrected chi connectivity index (χ1v) is 8.17. The summed E-state index contributed by atoms with van der Waals surface area (Å²) in [5.74, 6) is 0.777. The molecule has 0 amide bonds.